The summed E-state index contributed by atoms with van der Waals surface area (Å²) in [5.41, 5.74) is 0.926. The number of ketones is 2. The number of benzene rings is 2. The summed E-state index contributed by atoms with van der Waals surface area (Å²) < 4.78 is 0. The number of hydrogen-bond acceptors (Lipinski definition) is 3. The predicted molar refractivity (Wildman–Crippen MR) is 105 cm³/mol. The highest BCUT2D eigenvalue weighted by Crippen LogP contribution is 2.40. The first kappa shape index (κ1) is 18.1. The van der Waals surface area contributed by atoms with E-state index in [2.05, 4.69) is 27.4 Å². The topological polar surface area (TPSA) is 54.4 Å². The molecular formula is C23H24O3. The van der Waals surface area contributed by atoms with Gasteiger partial charge in [0.2, 0.25) is 5.78 Å². The zero-order chi connectivity index (χ0) is 19.4. The summed E-state index contributed by atoms with van der Waals surface area (Å²) in [6, 6.07) is 9.48. The lowest BCUT2D eigenvalue weighted by atomic mass is 9.73. The van der Waals surface area contributed by atoms with Crippen LogP contribution in [-0.2, 0) is 5.41 Å². The minimum atomic E-state index is -0.795. The van der Waals surface area contributed by atoms with Gasteiger partial charge in [-0.3, -0.25) is 9.59 Å². The Kier molecular flexibility index (Phi) is 3.95. The van der Waals surface area contributed by atoms with Crippen molar-refractivity contribution >= 4 is 22.3 Å². The molecular weight excluding hydrogens is 324 g/mol. The van der Waals surface area contributed by atoms with Crippen LogP contribution >= 0.6 is 0 Å². The molecule has 2 aromatic rings. The normalized spacial score (nSPS) is 15.4. The average Bonchev–Trinajstić information content (AvgIpc) is 2.57. The van der Waals surface area contributed by atoms with Crippen LogP contribution in [0, 0.1) is 5.41 Å². The van der Waals surface area contributed by atoms with Crippen molar-refractivity contribution in [2.24, 2.45) is 5.41 Å². The fourth-order valence-electron chi connectivity index (χ4n) is 3.39. The van der Waals surface area contributed by atoms with Gasteiger partial charge in [0.1, 0.15) is 0 Å². The molecule has 134 valence electrons. The number of Topliss-reactive ketones (excluding diaryl/α,β-unsaturated/α-hetero) is 2. The average molecular weight is 348 g/mol. The number of aliphatic hydroxyl groups is 1. The van der Waals surface area contributed by atoms with Crippen molar-refractivity contribution in [1.82, 2.24) is 0 Å². The molecule has 2 aromatic carbocycles. The minimum absolute atomic E-state index is 0.0908. The van der Waals surface area contributed by atoms with Gasteiger partial charge >= 0.3 is 0 Å². The standard InChI is InChI=1S/C23H24O3/c1-7-23(5,6)18-19(24)15-11-9-13-8-10-14(22(2,3)4)12-16(13)17(15)20(25)21(18)26/h7-12,26H,1H2,2-6H3. The summed E-state index contributed by atoms with van der Waals surface area (Å²) in [4.78, 5) is 26.1. The maximum absolute atomic E-state index is 13.1. The third-order valence-electron chi connectivity index (χ3n) is 5.19. The van der Waals surface area contributed by atoms with E-state index < -0.39 is 17.0 Å². The lowest BCUT2D eigenvalue weighted by Crippen LogP contribution is -2.30. The first-order valence-corrected chi connectivity index (χ1v) is 8.73. The van der Waals surface area contributed by atoms with Gasteiger partial charge in [-0.15, -0.1) is 6.58 Å². The van der Waals surface area contributed by atoms with E-state index in [1.165, 1.54) is 0 Å². The molecule has 3 nitrogen and oxygen atoms in total. The van der Waals surface area contributed by atoms with E-state index in [1.54, 1.807) is 26.0 Å². The molecule has 0 atom stereocenters. The van der Waals surface area contributed by atoms with Gasteiger partial charge in [-0.25, -0.2) is 0 Å². The lowest BCUT2D eigenvalue weighted by Gasteiger charge is -2.28. The summed E-state index contributed by atoms with van der Waals surface area (Å²) in [7, 11) is 0. The van der Waals surface area contributed by atoms with Crippen LogP contribution in [0.1, 0.15) is 60.9 Å². The van der Waals surface area contributed by atoms with Crippen molar-refractivity contribution in [1.29, 1.82) is 0 Å². The first-order chi connectivity index (χ1) is 12.0. The first-order valence-electron chi connectivity index (χ1n) is 8.73. The van der Waals surface area contributed by atoms with Crippen molar-refractivity contribution < 1.29 is 14.7 Å². The van der Waals surface area contributed by atoms with Crippen LogP contribution < -0.4 is 0 Å². The molecule has 0 spiro atoms. The summed E-state index contributed by atoms with van der Waals surface area (Å²) >= 11 is 0. The summed E-state index contributed by atoms with van der Waals surface area (Å²) in [5.74, 6) is -1.28. The minimum Gasteiger partial charge on any atom is -0.504 e. The van der Waals surface area contributed by atoms with Crippen LogP contribution in [0.5, 0.6) is 0 Å². The molecule has 0 fully saturated rings. The van der Waals surface area contributed by atoms with Gasteiger partial charge in [0.15, 0.2) is 11.5 Å². The number of aliphatic hydroxyl groups excluding tert-OH is 1. The number of carbonyl (C=O) groups is 2. The molecule has 1 aliphatic rings. The number of carbonyl (C=O) groups excluding carboxylic acids is 2. The van der Waals surface area contributed by atoms with Gasteiger partial charge in [0, 0.05) is 16.5 Å². The third-order valence-corrected chi connectivity index (χ3v) is 5.19. The zero-order valence-electron chi connectivity index (χ0n) is 15.9. The Morgan fingerprint density at radius 2 is 1.58 bits per heavy atom. The Labute approximate surface area is 154 Å². The highest BCUT2D eigenvalue weighted by molar-refractivity contribution is 6.30. The van der Waals surface area contributed by atoms with Gasteiger partial charge in [-0.05, 0) is 33.9 Å². The van der Waals surface area contributed by atoms with Crippen molar-refractivity contribution in [3.05, 3.63) is 71.0 Å². The Morgan fingerprint density at radius 1 is 0.962 bits per heavy atom. The quantitative estimate of drug-likeness (QED) is 0.725. The predicted octanol–water partition coefficient (Wildman–Crippen LogP) is 5.54. The maximum atomic E-state index is 13.1. The molecule has 0 aromatic heterocycles. The molecule has 0 saturated carbocycles. The highest BCUT2D eigenvalue weighted by atomic mass is 16.3. The molecule has 1 aliphatic carbocycles. The van der Waals surface area contributed by atoms with Crippen molar-refractivity contribution in [2.45, 2.75) is 40.0 Å². The lowest BCUT2D eigenvalue weighted by molar-refractivity contribution is 0.0916. The van der Waals surface area contributed by atoms with E-state index >= 15 is 0 Å². The smallest absolute Gasteiger partial charge is 0.229 e. The molecule has 0 unspecified atom stereocenters. The molecule has 0 bridgehead atoms. The van der Waals surface area contributed by atoms with E-state index in [-0.39, 0.29) is 16.8 Å². The van der Waals surface area contributed by atoms with Gasteiger partial charge in [0.25, 0.3) is 0 Å². The Morgan fingerprint density at radius 3 is 2.15 bits per heavy atom. The highest BCUT2D eigenvalue weighted by Gasteiger charge is 2.39. The van der Waals surface area contributed by atoms with Crippen LogP contribution in [0.15, 0.2) is 54.3 Å². The molecule has 3 heteroatoms. The molecule has 0 radical (unpaired) electrons. The number of fused-ring (bicyclic) bond motifs is 3. The summed E-state index contributed by atoms with van der Waals surface area (Å²) in [5, 5.41) is 12.1. The van der Waals surface area contributed by atoms with E-state index in [9.17, 15) is 14.7 Å². The number of rotatable bonds is 2. The SMILES string of the molecule is C=CC(C)(C)C1=C(O)C(=O)c2c(ccc3ccc(C(C)(C)C)cc23)C1=O. The fraction of sp³-hybridized carbons (Fsp3) is 0.304. The Balaban J connectivity index is 2.35. The van der Waals surface area contributed by atoms with Crippen molar-refractivity contribution in [3.8, 4) is 0 Å². The van der Waals surface area contributed by atoms with Crippen LogP contribution in [0.25, 0.3) is 10.8 Å². The Bertz CT molecular complexity index is 998. The molecule has 0 heterocycles. The van der Waals surface area contributed by atoms with Gasteiger partial charge < -0.3 is 5.11 Å². The maximum Gasteiger partial charge on any atom is 0.229 e. The van der Waals surface area contributed by atoms with Crippen LogP contribution in [0.3, 0.4) is 0 Å². The third kappa shape index (κ3) is 2.59. The van der Waals surface area contributed by atoms with Crippen LogP contribution in [0.4, 0.5) is 0 Å². The van der Waals surface area contributed by atoms with E-state index in [1.807, 2.05) is 24.3 Å². The second kappa shape index (κ2) is 5.66. The van der Waals surface area contributed by atoms with Crippen molar-refractivity contribution in [2.75, 3.05) is 0 Å². The largest absolute Gasteiger partial charge is 0.504 e. The Hall–Kier alpha value is -2.68. The van der Waals surface area contributed by atoms with Gasteiger partial charge in [0.05, 0.1) is 5.57 Å². The van der Waals surface area contributed by atoms with Crippen LogP contribution in [0.2, 0.25) is 0 Å². The second-order valence-corrected chi connectivity index (χ2v) is 8.48. The molecule has 3 rings (SSSR count). The molecule has 0 saturated heterocycles. The number of allylic oxidation sites excluding steroid dienone is 3. The molecule has 0 aliphatic heterocycles. The second-order valence-electron chi connectivity index (χ2n) is 8.48. The molecule has 1 N–H and O–H groups in total. The van der Waals surface area contributed by atoms with Crippen molar-refractivity contribution in [3.63, 3.8) is 0 Å². The fourth-order valence-corrected chi connectivity index (χ4v) is 3.39. The molecule has 0 amide bonds. The van der Waals surface area contributed by atoms with E-state index in [0.29, 0.717) is 16.5 Å². The zero-order valence-corrected chi connectivity index (χ0v) is 15.9. The van der Waals surface area contributed by atoms with E-state index in [0.717, 1.165) is 10.9 Å². The van der Waals surface area contributed by atoms with Gasteiger partial charge in [-0.2, -0.15) is 0 Å². The monoisotopic (exact) mass is 348 g/mol. The summed E-state index contributed by atoms with van der Waals surface area (Å²) in [6.07, 6.45) is 1.58. The van der Waals surface area contributed by atoms with Gasteiger partial charge in [-0.1, -0.05) is 58.9 Å². The number of hydrogen-bond donors (Lipinski definition) is 1. The molecule has 26 heavy (non-hydrogen) atoms. The van der Waals surface area contributed by atoms with E-state index in [4.69, 9.17) is 0 Å². The summed E-state index contributed by atoms with van der Waals surface area (Å²) in [6.45, 7) is 13.6. The van der Waals surface area contributed by atoms with Crippen LogP contribution in [-0.4, -0.2) is 16.7 Å².